The number of rotatable bonds is 6. The van der Waals surface area contributed by atoms with Crippen LogP contribution in [0, 0.1) is 0 Å². The minimum absolute atomic E-state index is 0.187. The van der Waals surface area contributed by atoms with Crippen molar-refractivity contribution in [2.75, 3.05) is 24.2 Å². The van der Waals surface area contributed by atoms with Crippen LogP contribution in [0.25, 0.3) is 0 Å². The third kappa shape index (κ3) is 4.32. The van der Waals surface area contributed by atoms with Gasteiger partial charge in [-0.05, 0) is 32.0 Å². The van der Waals surface area contributed by atoms with Gasteiger partial charge in [0.15, 0.2) is 0 Å². The van der Waals surface area contributed by atoms with E-state index in [0.29, 0.717) is 18.8 Å². The second-order valence-corrected chi connectivity index (χ2v) is 3.95. The van der Waals surface area contributed by atoms with E-state index >= 15 is 0 Å². The van der Waals surface area contributed by atoms with E-state index < -0.39 is 5.97 Å². The molecule has 0 aliphatic heterocycles. The van der Waals surface area contributed by atoms with Crippen LogP contribution >= 0.6 is 0 Å². The second kappa shape index (κ2) is 6.10. The molecular weight excluding hydrogens is 220 g/mol. The average Bonchev–Trinajstić information content (AvgIpc) is 2.25. The van der Waals surface area contributed by atoms with Crippen molar-refractivity contribution in [1.82, 2.24) is 0 Å². The maximum Gasteiger partial charge on any atom is 0.335 e. The molecule has 0 saturated carbocycles. The summed E-state index contributed by atoms with van der Waals surface area (Å²) in [5, 5.41) is 11.9. The quantitative estimate of drug-likeness (QED) is 0.520. The highest BCUT2D eigenvalue weighted by Crippen LogP contribution is 2.19. The van der Waals surface area contributed by atoms with Gasteiger partial charge in [0, 0.05) is 6.54 Å². The van der Waals surface area contributed by atoms with Crippen LogP contribution in [0.1, 0.15) is 24.2 Å². The number of carbonyl (C=O) groups is 1. The van der Waals surface area contributed by atoms with Gasteiger partial charge in [0.25, 0.3) is 0 Å². The standard InChI is InChI=1S/C12H18N2O3/c1-8(2)17-6-5-14-11-4-3-9(12(15)16)7-10(11)13/h3-4,7-8,14H,5-6,13H2,1-2H3,(H,15,16). The van der Waals surface area contributed by atoms with E-state index in [0.717, 1.165) is 5.69 Å². The van der Waals surface area contributed by atoms with Crippen molar-refractivity contribution in [2.24, 2.45) is 0 Å². The Hall–Kier alpha value is -1.75. The number of ether oxygens (including phenoxy) is 1. The van der Waals surface area contributed by atoms with Crippen molar-refractivity contribution < 1.29 is 14.6 Å². The molecule has 5 heteroatoms. The number of nitrogens with one attached hydrogen (secondary N) is 1. The monoisotopic (exact) mass is 238 g/mol. The molecule has 0 aliphatic rings. The largest absolute Gasteiger partial charge is 0.478 e. The molecule has 5 nitrogen and oxygen atoms in total. The summed E-state index contributed by atoms with van der Waals surface area (Å²) in [6.07, 6.45) is 0.198. The van der Waals surface area contributed by atoms with Gasteiger partial charge in [-0.2, -0.15) is 0 Å². The Kier molecular flexibility index (Phi) is 4.78. The highest BCUT2D eigenvalue weighted by molar-refractivity contribution is 5.90. The van der Waals surface area contributed by atoms with Crippen LogP contribution < -0.4 is 11.1 Å². The van der Waals surface area contributed by atoms with E-state index in [2.05, 4.69) is 5.32 Å². The highest BCUT2D eigenvalue weighted by atomic mass is 16.5. The molecular formula is C12H18N2O3. The van der Waals surface area contributed by atoms with Crippen LogP contribution in [0.15, 0.2) is 18.2 Å². The number of benzene rings is 1. The lowest BCUT2D eigenvalue weighted by Crippen LogP contribution is -2.14. The lowest BCUT2D eigenvalue weighted by molar-refractivity contribution is 0.0697. The zero-order valence-electron chi connectivity index (χ0n) is 10.1. The topological polar surface area (TPSA) is 84.6 Å². The van der Waals surface area contributed by atoms with Gasteiger partial charge in [-0.1, -0.05) is 0 Å². The van der Waals surface area contributed by atoms with Crippen LogP contribution in [0.3, 0.4) is 0 Å². The predicted octanol–water partition coefficient (Wildman–Crippen LogP) is 1.80. The van der Waals surface area contributed by atoms with E-state index in [4.69, 9.17) is 15.6 Å². The average molecular weight is 238 g/mol. The van der Waals surface area contributed by atoms with Crippen molar-refractivity contribution in [3.63, 3.8) is 0 Å². The Morgan fingerprint density at radius 3 is 2.76 bits per heavy atom. The van der Waals surface area contributed by atoms with Crippen LogP contribution in [0.5, 0.6) is 0 Å². The Labute approximate surface area is 101 Å². The van der Waals surface area contributed by atoms with E-state index in [-0.39, 0.29) is 11.7 Å². The van der Waals surface area contributed by atoms with Gasteiger partial charge < -0.3 is 20.9 Å². The SMILES string of the molecule is CC(C)OCCNc1ccc(C(=O)O)cc1N. The molecule has 0 saturated heterocycles. The van der Waals surface area contributed by atoms with E-state index in [1.807, 2.05) is 13.8 Å². The number of carboxylic acids is 1. The number of hydrogen-bond donors (Lipinski definition) is 3. The third-order valence-corrected chi connectivity index (χ3v) is 2.17. The fourth-order valence-electron chi connectivity index (χ4n) is 1.34. The summed E-state index contributed by atoms with van der Waals surface area (Å²) in [7, 11) is 0. The third-order valence-electron chi connectivity index (χ3n) is 2.17. The first kappa shape index (κ1) is 13.3. The van der Waals surface area contributed by atoms with E-state index in [9.17, 15) is 4.79 Å². The molecule has 0 radical (unpaired) electrons. The minimum Gasteiger partial charge on any atom is -0.478 e. The number of anilines is 2. The molecule has 0 spiro atoms. The van der Waals surface area contributed by atoms with Crippen molar-refractivity contribution in [2.45, 2.75) is 20.0 Å². The lowest BCUT2D eigenvalue weighted by atomic mass is 10.2. The lowest BCUT2D eigenvalue weighted by Gasteiger charge is -2.11. The van der Waals surface area contributed by atoms with E-state index in [1.165, 1.54) is 12.1 Å². The molecule has 0 bridgehead atoms. The summed E-state index contributed by atoms with van der Waals surface area (Å²) in [6, 6.07) is 4.62. The molecule has 17 heavy (non-hydrogen) atoms. The van der Waals surface area contributed by atoms with Crippen LogP contribution in [0.2, 0.25) is 0 Å². The molecule has 0 aliphatic carbocycles. The Balaban J connectivity index is 2.52. The van der Waals surface area contributed by atoms with Gasteiger partial charge in [0.05, 0.1) is 29.6 Å². The second-order valence-electron chi connectivity index (χ2n) is 3.95. The first-order chi connectivity index (χ1) is 8.00. The molecule has 0 fully saturated rings. The van der Waals surface area contributed by atoms with Crippen molar-refractivity contribution in [3.05, 3.63) is 23.8 Å². The zero-order valence-corrected chi connectivity index (χ0v) is 10.1. The van der Waals surface area contributed by atoms with Gasteiger partial charge in [-0.15, -0.1) is 0 Å². The van der Waals surface area contributed by atoms with E-state index in [1.54, 1.807) is 6.07 Å². The summed E-state index contributed by atoms with van der Waals surface area (Å²) in [5.41, 5.74) is 7.07. The van der Waals surface area contributed by atoms with Crippen LogP contribution in [0.4, 0.5) is 11.4 Å². The smallest absolute Gasteiger partial charge is 0.335 e. The molecule has 1 rings (SSSR count). The number of aromatic carboxylic acids is 1. The van der Waals surface area contributed by atoms with Crippen molar-refractivity contribution >= 4 is 17.3 Å². The van der Waals surface area contributed by atoms with Crippen LogP contribution in [-0.2, 0) is 4.74 Å². The summed E-state index contributed by atoms with van der Waals surface area (Å²) in [5.74, 6) is -0.980. The first-order valence-electron chi connectivity index (χ1n) is 5.49. The fourth-order valence-corrected chi connectivity index (χ4v) is 1.34. The van der Waals surface area contributed by atoms with Crippen molar-refractivity contribution in [1.29, 1.82) is 0 Å². The molecule has 0 amide bonds. The van der Waals surface area contributed by atoms with Crippen molar-refractivity contribution in [3.8, 4) is 0 Å². The van der Waals surface area contributed by atoms with Gasteiger partial charge in [-0.3, -0.25) is 0 Å². The molecule has 0 aromatic heterocycles. The number of nitrogens with two attached hydrogens (primary N) is 1. The Morgan fingerprint density at radius 1 is 1.53 bits per heavy atom. The maximum absolute atomic E-state index is 10.7. The Morgan fingerprint density at radius 2 is 2.24 bits per heavy atom. The van der Waals surface area contributed by atoms with Crippen LogP contribution in [-0.4, -0.2) is 30.3 Å². The highest BCUT2D eigenvalue weighted by Gasteiger charge is 2.05. The molecule has 1 aromatic rings. The summed E-state index contributed by atoms with van der Waals surface area (Å²) >= 11 is 0. The molecule has 1 aromatic carbocycles. The van der Waals surface area contributed by atoms with Gasteiger partial charge in [0.2, 0.25) is 0 Å². The van der Waals surface area contributed by atoms with Gasteiger partial charge in [-0.25, -0.2) is 4.79 Å². The summed E-state index contributed by atoms with van der Waals surface area (Å²) < 4.78 is 5.37. The predicted molar refractivity (Wildman–Crippen MR) is 67.4 cm³/mol. The molecule has 4 N–H and O–H groups in total. The zero-order chi connectivity index (χ0) is 12.8. The molecule has 0 heterocycles. The maximum atomic E-state index is 10.7. The Bertz CT molecular complexity index is 391. The minimum atomic E-state index is -0.980. The number of hydrogen-bond acceptors (Lipinski definition) is 4. The number of carboxylic acid groups (broad SMARTS) is 1. The summed E-state index contributed by atoms with van der Waals surface area (Å²) in [4.78, 5) is 10.7. The molecule has 94 valence electrons. The molecule has 0 atom stereocenters. The normalized spacial score (nSPS) is 10.5. The summed E-state index contributed by atoms with van der Waals surface area (Å²) in [6.45, 7) is 5.15. The number of nitrogen functional groups attached to an aromatic ring is 1. The van der Waals surface area contributed by atoms with Gasteiger partial charge >= 0.3 is 5.97 Å². The first-order valence-corrected chi connectivity index (χ1v) is 5.49. The van der Waals surface area contributed by atoms with Gasteiger partial charge in [0.1, 0.15) is 0 Å². The molecule has 0 unspecified atom stereocenters. The fraction of sp³-hybridized carbons (Fsp3) is 0.417.